The van der Waals surface area contributed by atoms with E-state index < -0.39 is 11.9 Å². The Morgan fingerprint density at radius 3 is 2.78 bits per heavy atom. The largest absolute Gasteiger partial charge is 0.496 e. The molecule has 23 heavy (non-hydrogen) atoms. The van der Waals surface area contributed by atoms with Gasteiger partial charge in [0.05, 0.1) is 7.11 Å². The molecule has 0 unspecified atom stereocenters. The number of carbonyl (C=O) groups is 2. The Morgan fingerprint density at radius 1 is 1.30 bits per heavy atom. The third-order valence-electron chi connectivity index (χ3n) is 3.05. The Hall–Kier alpha value is -2.83. The summed E-state index contributed by atoms with van der Waals surface area (Å²) in [7, 11) is 1.58. The standard InChI is InChI=1S/C16H18N2O5/c1-11-9-14(18-23-11)17-15(19)10-22-16(20)8-7-12-5-3-4-6-13(12)21-2/h3-6,9H,7-8,10H2,1-2H3,(H,17,18,19). The summed E-state index contributed by atoms with van der Waals surface area (Å²) in [5.74, 6) is 0.664. The maximum atomic E-state index is 11.7. The SMILES string of the molecule is COc1ccccc1CCC(=O)OCC(=O)Nc1cc(C)on1. The van der Waals surface area contributed by atoms with Crippen LogP contribution in [0.3, 0.4) is 0 Å². The average Bonchev–Trinajstić information content (AvgIpc) is 2.96. The first-order valence-electron chi connectivity index (χ1n) is 7.09. The van der Waals surface area contributed by atoms with Gasteiger partial charge in [-0.1, -0.05) is 23.4 Å². The molecule has 0 radical (unpaired) electrons. The van der Waals surface area contributed by atoms with Gasteiger partial charge in [0.1, 0.15) is 11.5 Å². The summed E-state index contributed by atoms with van der Waals surface area (Å²) in [6.07, 6.45) is 0.643. The molecule has 0 bridgehead atoms. The highest BCUT2D eigenvalue weighted by molar-refractivity contribution is 5.91. The van der Waals surface area contributed by atoms with Crippen molar-refractivity contribution in [3.05, 3.63) is 41.7 Å². The second kappa shape index (κ2) is 7.98. The van der Waals surface area contributed by atoms with Crippen molar-refractivity contribution in [3.8, 4) is 5.75 Å². The number of nitrogens with zero attached hydrogens (tertiary/aromatic N) is 1. The van der Waals surface area contributed by atoms with Gasteiger partial charge in [0.2, 0.25) is 0 Å². The van der Waals surface area contributed by atoms with Crippen LogP contribution in [0.15, 0.2) is 34.9 Å². The summed E-state index contributed by atoms with van der Waals surface area (Å²) in [6.45, 7) is 1.34. The first-order chi connectivity index (χ1) is 11.1. The van der Waals surface area contributed by atoms with Gasteiger partial charge < -0.3 is 19.3 Å². The lowest BCUT2D eigenvalue weighted by Crippen LogP contribution is -2.21. The third-order valence-corrected chi connectivity index (χ3v) is 3.05. The van der Waals surface area contributed by atoms with Crippen LogP contribution in [0.4, 0.5) is 5.82 Å². The molecule has 1 amide bonds. The number of para-hydroxylation sites is 1. The predicted octanol–water partition coefficient (Wildman–Crippen LogP) is 2.11. The number of amides is 1. The first-order valence-corrected chi connectivity index (χ1v) is 7.09. The molecule has 7 heteroatoms. The molecule has 2 aromatic rings. The molecule has 0 aliphatic heterocycles. The zero-order chi connectivity index (χ0) is 16.7. The number of hydrogen-bond acceptors (Lipinski definition) is 6. The highest BCUT2D eigenvalue weighted by Crippen LogP contribution is 2.18. The molecule has 0 atom stereocenters. The van der Waals surface area contributed by atoms with E-state index in [1.807, 2.05) is 24.3 Å². The lowest BCUT2D eigenvalue weighted by Gasteiger charge is -2.08. The van der Waals surface area contributed by atoms with E-state index in [4.69, 9.17) is 14.0 Å². The van der Waals surface area contributed by atoms with Crippen LogP contribution in [-0.4, -0.2) is 30.7 Å². The van der Waals surface area contributed by atoms with Crippen LogP contribution in [0.1, 0.15) is 17.7 Å². The van der Waals surface area contributed by atoms with E-state index in [9.17, 15) is 9.59 Å². The van der Waals surface area contributed by atoms with Crippen molar-refractivity contribution in [2.45, 2.75) is 19.8 Å². The Kier molecular flexibility index (Phi) is 5.74. The summed E-state index contributed by atoms with van der Waals surface area (Å²) in [6, 6.07) is 9.01. The zero-order valence-corrected chi connectivity index (χ0v) is 13.0. The van der Waals surface area contributed by atoms with E-state index >= 15 is 0 Å². The van der Waals surface area contributed by atoms with E-state index in [1.165, 1.54) is 0 Å². The molecule has 0 spiro atoms. The highest BCUT2D eigenvalue weighted by atomic mass is 16.5. The van der Waals surface area contributed by atoms with Crippen molar-refractivity contribution in [2.75, 3.05) is 19.0 Å². The minimum absolute atomic E-state index is 0.163. The molecular formula is C16H18N2O5. The van der Waals surface area contributed by atoms with Gasteiger partial charge in [0.15, 0.2) is 12.4 Å². The van der Waals surface area contributed by atoms with Crippen LogP contribution in [-0.2, 0) is 20.7 Å². The van der Waals surface area contributed by atoms with E-state index in [1.54, 1.807) is 20.1 Å². The minimum atomic E-state index is -0.469. The molecular weight excluding hydrogens is 300 g/mol. The number of esters is 1. The van der Waals surface area contributed by atoms with Crippen LogP contribution in [0, 0.1) is 6.92 Å². The van der Waals surface area contributed by atoms with Gasteiger partial charge in [0.25, 0.3) is 5.91 Å². The number of aromatic nitrogens is 1. The number of rotatable bonds is 7. The lowest BCUT2D eigenvalue weighted by atomic mass is 10.1. The van der Waals surface area contributed by atoms with Gasteiger partial charge in [-0.2, -0.15) is 0 Å². The molecule has 122 valence electrons. The second-order valence-corrected chi connectivity index (χ2v) is 4.84. The molecule has 0 saturated heterocycles. The summed E-state index contributed by atoms with van der Waals surface area (Å²) in [5.41, 5.74) is 0.912. The van der Waals surface area contributed by atoms with Crippen LogP contribution in [0.2, 0.25) is 0 Å². The van der Waals surface area contributed by atoms with E-state index in [2.05, 4.69) is 10.5 Å². The summed E-state index contributed by atoms with van der Waals surface area (Å²) >= 11 is 0. The predicted molar refractivity (Wildman–Crippen MR) is 82.1 cm³/mol. The van der Waals surface area contributed by atoms with Crippen molar-refractivity contribution >= 4 is 17.7 Å². The first kappa shape index (κ1) is 16.5. The smallest absolute Gasteiger partial charge is 0.306 e. The Balaban J connectivity index is 1.73. The molecule has 1 heterocycles. The minimum Gasteiger partial charge on any atom is -0.496 e. The molecule has 7 nitrogen and oxygen atoms in total. The number of ether oxygens (including phenoxy) is 2. The fraction of sp³-hybridized carbons (Fsp3) is 0.312. The summed E-state index contributed by atoms with van der Waals surface area (Å²) in [4.78, 5) is 23.3. The van der Waals surface area contributed by atoms with E-state index in [0.717, 1.165) is 11.3 Å². The average molecular weight is 318 g/mol. The number of aryl methyl sites for hydroxylation is 2. The third kappa shape index (κ3) is 5.14. The van der Waals surface area contributed by atoms with Crippen LogP contribution < -0.4 is 10.1 Å². The molecule has 0 fully saturated rings. The Bertz CT molecular complexity index is 681. The van der Waals surface area contributed by atoms with Gasteiger partial charge in [-0.15, -0.1) is 0 Å². The van der Waals surface area contributed by atoms with Gasteiger partial charge >= 0.3 is 5.97 Å². The van der Waals surface area contributed by atoms with Crippen LogP contribution >= 0.6 is 0 Å². The van der Waals surface area contributed by atoms with Crippen molar-refractivity contribution < 1.29 is 23.6 Å². The number of hydrogen-bond donors (Lipinski definition) is 1. The fourth-order valence-electron chi connectivity index (χ4n) is 1.97. The topological polar surface area (TPSA) is 90.7 Å². The Labute approximate surface area is 133 Å². The number of anilines is 1. The van der Waals surface area contributed by atoms with Crippen molar-refractivity contribution in [1.29, 1.82) is 0 Å². The molecule has 1 aromatic heterocycles. The maximum Gasteiger partial charge on any atom is 0.306 e. The molecule has 2 rings (SSSR count). The molecule has 1 aromatic carbocycles. The monoisotopic (exact) mass is 318 g/mol. The van der Waals surface area contributed by atoms with E-state index in [-0.39, 0.29) is 18.8 Å². The highest BCUT2D eigenvalue weighted by Gasteiger charge is 2.11. The molecule has 0 aliphatic rings. The van der Waals surface area contributed by atoms with Gasteiger partial charge in [0, 0.05) is 12.5 Å². The zero-order valence-electron chi connectivity index (χ0n) is 13.0. The quantitative estimate of drug-likeness (QED) is 0.786. The molecule has 1 N–H and O–H groups in total. The maximum absolute atomic E-state index is 11.7. The summed E-state index contributed by atoms with van der Waals surface area (Å²) in [5, 5.41) is 6.09. The van der Waals surface area contributed by atoms with Crippen molar-refractivity contribution in [1.82, 2.24) is 5.16 Å². The van der Waals surface area contributed by atoms with Gasteiger partial charge in [-0.3, -0.25) is 9.59 Å². The lowest BCUT2D eigenvalue weighted by molar-refractivity contribution is -0.147. The number of nitrogens with one attached hydrogen (secondary N) is 1. The van der Waals surface area contributed by atoms with Gasteiger partial charge in [-0.05, 0) is 25.0 Å². The normalized spacial score (nSPS) is 10.2. The molecule has 0 saturated carbocycles. The van der Waals surface area contributed by atoms with Crippen molar-refractivity contribution in [2.24, 2.45) is 0 Å². The molecule has 0 aliphatic carbocycles. The Morgan fingerprint density at radius 2 is 2.09 bits per heavy atom. The number of methoxy groups -OCH3 is 1. The van der Waals surface area contributed by atoms with Crippen molar-refractivity contribution in [3.63, 3.8) is 0 Å². The van der Waals surface area contributed by atoms with Crippen LogP contribution in [0.25, 0.3) is 0 Å². The fourth-order valence-corrected chi connectivity index (χ4v) is 1.97. The van der Waals surface area contributed by atoms with Crippen LogP contribution in [0.5, 0.6) is 5.75 Å². The van der Waals surface area contributed by atoms with E-state index in [0.29, 0.717) is 12.2 Å². The van der Waals surface area contributed by atoms with Gasteiger partial charge in [-0.25, -0.2) is 0 Å². The number of benzene rings is 1. The number of carbonyl (C=O) groups excluding carboxylic acids is 2. The second-order valence-electron chi connectivity index (χ2n) is 4.84. The summed E-state index contributed by atoms with van der Waals surface area (Å²) < 4.78 is 15.0.